The Labute approximate surface area is 138 Å². The van der Waals surface area contributed by atoms with E-state index in [1.165, 1.54) is 11.3 Å². The minimum Gasteiger partial charge on any atom is -0.398 e. The van der Waals surface area contributed by atoms with Gasteiger partial charge in [0.2, 0.25) is 0 Å². The van der Waals surface area contributed by atoms with Gasteiger partial charge in [0, 0.05) is 27.7 Å². The molecule has 0 fully saturated rings. The zero-order chi connectivity index (χ0) is 15.7. The summed E-state index contributed by atoms with van der Waals surface area (Å²) in [5, 5.41) is 1.13. The number of carbonyl (C=O) groups is 1. The van der Waals surface area contributed by atoms with E-state index in [1.54, 1.807) is 30.1 Å². The zero-order valence-corrected chi connectivity index (χ0v) is 14.3. The summed E-state index contributed by atoms with van der Waals surface area (Å²) in [5.74, 6) is -0.0710. The lowest BCUT2D eigenvalue weighted by Crippen LogP contribution is -2.29. The largest absolute Gasteiger partial charge is 0.398 e. The molecule has 2 rings (SSSR count). The van der Waals surface area contributed by atoms with Crippen molar-refractivity contribution in [1.82, 2.24) is 4.90 Å². The molecule has 0 saturated carbocycles. The maximum Gasteiger partial charge on any atom is 0.264 e. The number of carbonyl (C=O) groups excluding carboxylic acids is 1. The highest BCUT2D eigenvalue weighted by Crippen LogP contribution is 2.31. The minimum absolute atomic E-state index is 0.0710. The van der Waals surface area contributed by atoms with Crippen molar-refractivity contribution in [2.75, 3.05) is 12.8 Å². The van der Waals surface area contributed by atoms with Gasteiger partial charge in [-0.15, -0.1) is 11.3 Å². The van der Waals surface area contributed by atoms with E-state index < -0.39 is 0 Å². The topological polar surface area (TPSA) is 46.3 Å². The molecule has 0 aliphatic heterocycles. The van der Waals surface area contributed by atoms with E-state index in [2.05, 4.69) is 0 Å². The van der Waals surface area contributed by atoms with Gasteiger partial charge in [0.25, 0.3) is 5.91 Å². The van der Waals surface area contributed by atoms with E-state index in [-0.39, 0.29) is 11.9 Å². The van der Waals surface area contributed by atoms with E-state index in [0.717, 1.165) is 10.4 Å². The van der Waals surface area contributed by atoms with Crippen LogP contribution in [0.15, 0.2) is 24.3 Å². The number of anilines is 1. The van der Waals surface area contributed by atoms with E-state index in [0.29, 0.717) is 20.6 Å². The second-order valence-electron chi connectivity index (χ2n) is 4.88. The van der Waals surface area contributed by atoms with Crippen molar-refractivity contribution in [2.24, 2.45) is 0 Å². The molecule has 1 aromatic heterocycles. The van der Waals surface area contributed by atoms with Gasteiger partial charge in [-0.25, -0.2) is 0 Å². The standard InChI is InChI=1S/C15H16Cl2N2OS/c1-8(11-5-4-10(16)6-12(11)17)19(3)15(20)14-7-13(18)9(2)21-14/h4-8H,18H2,1-3H3. The summed E-state index contributed by atoms with van der Waals surface area (Å²) >= 11 is 13.5. The number of amides is 1. The fourth-order valence-electron chi connectivity index (χ4n) is 2.00. The van der Waals surface area contributed by atoms with Gasteiger partial charge in [-0.3, -0.25) is 4.79 Å². The smallest absolute Gasteiger partial charge is 0.264 e. The third kappa shape index (κ3) is 3.34. The molecule has 1 atom stereocenters. The molecule has 0 spiro atoms. The van der Waals surface area contributed by atoms with Crippen LogP contribution in [0.2, 0.25) is 10.0 Å². The summed E-state index contributed by atoms with van der Waals surface area (Å²) in [6, 6.07) is 6.85. The molecule has 0 radical (unpaired) electrons. The molecule has 0 bridgehead atoms. The first-order chi connectivity index (χ1) is 9.81. The molecular weight excluding hydrogens is 327 g/mol. The molecule has 1 unspecified atom stereocenters. The molecule has 0 saturated heterocycles. The number of hydrogen-bond acceptors (Lipinski definition) is 3. The Morgan fingerprint density at radius 3 is 2.52 bits per heavy atom. The molecule has 0 aliphatic rings. The van der Waals surface area contributed by atoms with Crippen LogP contribution in [-0.2, 0) is 0 Å². The van der Waals surface area contributed by atoms with Gasteiger partial charge < -0.3 is 10.6 Å². The Hall–Kier alpha value is -1.23. The first-order valence-corrected chi connectivity index (χ1v) is 7.96. The Bertz CT molecular complexity index is 665. The van der Waals surface area contributed by atoms with Crippen molar-refractivity contribution in [3.05, 3.63) is 49.6 Å². The highest BCUT2D eigenvalue weighted by molar-refractivity contribution is 7.14. The van der Waals surface area contributed by atoms with Gasteiger partial charge in [-0.1, -0.05) is 29.3 Å². The van der Waals surface area contributed by atoms with Gasteiger partial charge in [-0.05, 0) is 37.6 Å². The van der Waals surface area contributed by atoms with Crippen molar-refractivity contribution < 1.29 is 4.79 Å². The fraction of sp³-hybridized carbons (Fsp3) is 0.267. The van der Waals surface area contributed by atoms with Crippen molar-refractivity contribution in [2.45, 2.75) is 19.9 Å². The van der Waals surface area contributed by atoms with Crippen LogP contribution in [0.5, 0.6) is 0 Å². The van der Waals surface area contributed by atoms with Gasteiger partial charge >= 0.3 is 0 Å². The number of hydrogen-bond donors (Lipinski definition) is 1. The number of nitrogens with zero attached hydrogens (tertiary/aromatic N) is 1. The van der Waals surface area contributed by atoms with Gasteiger partial charge in [0.15, 0.2) is 0 Å². The lowest BCUT2D eigenvalue weighted by molar-refractivity contribution is 0.0747. The van der Waals surface area contributed by atoms with E-state index in [9.17, 15) is 4.79 Å². The lowest BCUT2D eigenvalue weighted by Gasteiger charge is -2.25. The number of aryl methyl sites for hydroxylation is 1. The number of halogens is 2. The number of nitrogens with two attached hydrogens (primary N) is 1. The third-order valence-electron chi connectivity index (χ3n) is 3.48. The summed E-state index contributed by atoms with van der Waals surface area (Å²) in [4.78, 5) is 15.7. The van der Waals surface area contributed by atoms with Crippen LogP contribution in [-0.4, -0.2) is 17.9 Å². The Kier molecular flexibility index (Phi) is 4.81. The molecule has 112 valence electrons. The highest BCUT2D eigenvalue weighted by Gasteiger charge is 2.22. The number of thiophene rings is 1. The minimum atomic E-state index is -0.161. The first kappa shape index (κ1) is 16.1. The van der Waals surface area contributed by atoms with Gasteiger partial charge in [-0.2, -0.15) is 0 Å². The molecule has 1 aromatic carbocycles. The third-order valence-corrected chi connectivity index (χ3v) is 5.10. The van der Waals surface area contributed by atoms with E-state index in [1.807, 2.05) is 19.9 Å². The van der Waals surface area contributed by atoms with Crippen LogP contribution < -0.4 is 5.73 Å². The molecule has 21 heavy (non-hydrogen) atoms. The molecule has 1 amide bonds. The summed E-state index contributed by atoms with van der Waals surface area (Å²) in [7, 11) is 1.75. The van der Waals surface area contributed by atoms with Crippen LogP contribution in [0.4, 0.5) is 5.69 Å². The summed E-state index contributed by atoms with van der Waals surface area (Å²) in [5.41, 5.74) is 7.32. The summed E-state index contributed by atoms with van der Waals surface area (Å²) in [6.45, 7) is 3.83. The quantitative estimate of drug-likeness (QED) is 0.872. The molecule has 0 aliphatic carbocycles. The Morgan fingerprint density at radius 2 is 2.00 bits per heavy atom. The second kappa shape index (κ2) is 6.26. The van der Waals surface area contributed by atoms with Crippen LogP contribution >= 0.6 is 34.5 Å². The van der Waals surface area contributed by atoms with Crippen LogP contribution in [0, 0.1) is 6.92 Å². The maximum atomic E-state index is 12.5. The fourth-order valence-corrected chi connectivity index (χ4v) is 3.49. The van der Waals surface area contributed by atoms with Gasteiger partial charge in [0.1, 0.15) is 0 Å². The normalized spacial score (nSPS) is 12.2. The van der Waals surface area contributed by atoms with Crippen LogP contribution in [0.25, 0.3) is 0 Å². The predicted molar refractivity (Wildman–Crippen MR) is 90.4 cm³/mol. The van der Waals surface area contributed by atoms with Crippen molar-refractivity contribution in [3.63, 3.8) is 0 Å². The average molecular weight is 343 g/mol. The molecular formula is C15H16Cl2N2OS. The molecule has 1 heterocycles. The maximum absolute atomic E-state index is 12.5. The second-order valence-corrected chi connectivity index (χ2v) is 6.98. The monoisotopic (exact) mass is 342 g/mol. The Balaban J connectivity index is 2.26. The lowest BCUT2D eigenvalue weighted by atomic mass is 10.1. The zero-order valence-electron chi connectivity index (χ0n) is 12.0. The number of nitrogen functional groups attached to an aromatic ring is 1. The Morgan fingerprint density at radius 1 is 1.33 bits per heavy atom. The highest BCUT2D eigenvalue weighted by atomic mass is 35.5. The molecule has 2 N–H and O–H groups in total. The molecule has 6 heteroatoms. The SMILES string of the molecule is Cc1sc(C(=O)N(C)C(C)c2ccc(Cl)cc2Cl)cc1N. The first-order valence-electron chi connectivity index (χ1n) is 6.39. The average Bonchev–Trinajstić information content (AvgIpc) is 2.76. The summed E-state index contributed by atoms with van der Waals surface area (Å²) in [6.07, 6.45) is 0. The summed E-state index contributed by atoms with van der Waals surface area (Å²) < 4.78 is 0. The van der Waals surface area contributed by atoms with Crippen LogP contribution in [0.1, 0.15) is 33.1 Å². The number of benzene rings is 1. The van der Waals surface area contributed by atoms with Crippen molar-refractivity contribution in [3.8, 4) is 0 Å². The number of rotatable bonds is 3. The van der Waals surface area contributed by atoms with Crippen molar-refractivity contribution >= 4 is 46.1 Å². The van der Waals surface area contributed by atoms with E-state index in [4.69, 9.17) is 28.9 Å². The van der Waals surface area contributed by atoms with E-state index >= 15 is 0 Å². The van der Waals surface area contributed by atoms with Crippen LogP contribution in [0.3, 0.4) is 0 Å². The molecule has 3 nitrogen and oxygen atoms in total. The predicted octanol–water partition coefficient (Wildman–Crippen LogP) is 4.78. The van der Waals surface area contributed by atoms with Gasteiger partial charge in [0.05, 0.1) is 10.9 Å². The van der Waals surface area contributed by atoms with Crippen molar-refractivity contribution in [1.29, 1.82) is 0 Å². The molecule has 2 aromatic rings.